The zero-order chi connectivity index (χ0) is 16.9. The average Bonchev–Trinajstić information content (AvgIpc) is 3.06. The first-order valence-corrected chi connectivity index (χ1v) is 9.07. The van der Waals surface area contributed by atoms with E-state index in [0.29, 0.717) is 17.0 Å². The van der Waals surface area contributed by atoms with Gasteiger partial charge in [-0.05, 0) is 31.9 Å². The van der Waals surface area contributed by atoms with Crippen molar-refractivity contribution in [2.24, 2.45) is 0 Å². The van der Waals surface area contributed by atoms with Crippen LogP contribution < -0.4 is 5.32 Å². The number of aromatic nitrogens is 2. The van der Waals surface area contributed by atoms with E-state index in [-0.39, 0.29) is 11.6 Å². The molecule has 1 amide bonds. The number of thioether (sulfide) groups is 1. The Labute approximate surface area is 144 Å². The number of halogens is 1. The van der Waals surface area contributed by atoms with Gasteiger partial charge in [0, 0.05) is 5.92 Å². The lowest BCUT2D eigenvalue weighted by atomic mass is 9.89. The molecule has 7 heteroatoms. The Kier molecular flexibility index (Phi) is 5.50. The molecule has 0 bridgehead atoms. The number of amides is 1. The molecular formula is C17H20FN3O2S. The molecule has 0 saturated heterocycles. The van der Waals surface area contributed by atoms with Crippen molar-refractivity contribution in [3.05, 3.63) is 36.0 Å². The normalized spacial score (nSPS) is 16.8. The topological polar surface area (TPSA) is 68.0 Å². The molecule has 0 radical (unpaired) electrons. The zero-order valence-corrected chi connectivity index (χ0v) is 14.3. The molecule has 1 heterocycles. The third-order valence-electron chi connectivity index (χ3n) is 4.16. The third kappa shape index (κ3) is 4.14. The SMILES string of the molecule is CC(Sc1nnc(C2CCCCC2)o1)C(=O)Nc1ccccc1F. The van der Waals surface area contributed by atoms with Crippen molar-refractivity contribution in [3.8, 4) is 0 Å². The van der Waals surface area contributed by atoms with E-state index in [1.165, 1.54) is 43.2 Å². The van der Waals surface area contributed by atoms with Crippen molar-refractivity contribution >= 4 is 23.4 Å². The summed E-state index contributed by atoms with van der Waals surface area (Å²) in [7, 11) is 0. The molecular weight excluding hydrogens is 329 g/mol. The predicted molar refractivity (Wildman–Crippen MR) is 90.5 cm³/mol. The van der Waals surface area contributed by atoms with Crippen LogP contribution in [0.4, 0.5) is 10.1 Å². The van der Waals surface area contributed by atoms with Gasteiger partial charge < -0.3 is 9.73 Å². The molecule has 128 valence electrons. The minimum absolute atomic E-state index is 0.170. The van der Waals surface area contributed by atoms with E-state index in [1.807, 2.05) is 0 Å². The highest BCUT2D eigenvalue weighted by Gasteiger charge is 2.23. The van der Waals surface area contributed by atoms with Crippen LogP contribution in [-0.4, -0.2) is 21.4 Å². The summed E-state index contributed by atoms with van der Waals surface area (Å²) in [5.74, 6) is 0.241. The smallest absolute Gasteiger partial charge is 0.277 e. The van der Waals surface area contributed by atoms with Gasteiger partial charge in [0.1, 0.15) is 5.82 Å². The Morgan fingerprint density at radius 1 is 1.29 bits per heavy atom. The summed E-state index contributed by atoms with van der Waals surface area (Å²) < 4.78 is 19.3. The highest BCUT2D eigenvalue weighted by molar-refractivity contribution is 8.00. The molecule has 1 aromatic carbocycles. The van der Waals surface area contributed by atoms with Crippen LogP contribution in [-0.2, 0) is 4.79 Å². The summed E-state index contributed by atoms with van der Waals surface area (Å²) in [5.41, 5.74) is 0.170. The Morgan fingerprint density at radius 3 is 2.79 bits per heavy atom. The van der Waals surface area contributed by atoms with Crippen molar-refractivity contribution in [2.45, 2.75) is 55.4 Å². The monoisotopic (exact) mass is 349 g/mol. The standard InChI is InChI=1S/C17H20FN3O2S/c1-11(15(22)19-14-10-6-5-9-13(14)18)24-17-21-20-16(23-17)12-7-3-2-4-8-12/h5-6,9-12H,2-4,7-8H2,1H3,(H,19,22). The van der Waals surface area contributed by atoms with Crippen LogP contribution in [0.25, 0.3) is 0 Å². The second kappa shape index (κ2) is 7.79. The number of carbonyl (C=O) groups is 1. The van der Waals surface area contributed by atoms with Crippen molar-refractivity contribution in [1.29, 1.82) is 0 Å². The van der Waals surface area contributed by atoms with Gasteiger partial charge in [0.25, 0.3) is 5.22 Å². The molecule has 0 aliphatic heterocycles. The van der Waals surface area contributed by atoms with Crippen LogP contribution in [0.1, 0.15) is 50.8 Å². The van der Waals surface area contributed by atoms with Crippen LogP contribution >= 0.6 is 11.8 Å². The molecule has 24 heavy (non-hydrogen) atoms. The molecule has 1 aliphatic rings. The highest BCUT2D eigenvalue weighted by atomic mass is 32.2. The molecule has 1 N–H and O–H groups in total. The summed E-state index contributed by atoms with van der Waals surface area (Å²) in [4.78, 5) is 12.2. The average molecular weight is 349 g/mol. The molecule has 1 aromatic heterocycles. The van der Waals surface area contributed by atoms with Crippen LogP contribution in [0.5, 0.6) is 0 Å². The first-order chi connectivity index (χ1) is 11.6. The fourth-order valence-electron chi connectivity index (χ4n) is 2.78. The van der Waals surface area contributed by atoms with Crippen LogP contribution in [0.3, 0.4) is 0 Å². The van der Waals surface area contributed by atoms with Crippen molar-refractivity contribution in [3.63, 3.8) is 0 Å². The number of hydrogen-bond donors (Lipinski definition) is 1. The van der Waals surface area contributed by atoms with Crippen molar-refractivity contribution in [1.82, 2.24) is 10.2 Å². The molecule has 3 rings (SSSR count). The Bertz CT molecular complexity index is 701. The molecule has 1 aliphatic carbocycles. The van der Waals surface area contributed by atoms with Crippen LogP contribution in [0, 0.1) is 5.82 Å². The largest absolute Gasteiger partial charge is 0.416 e. The highest BCUT2D eigenvalue weighted by Crippen LogP contribution is 2.33. The first-order valence-electron chi connectivity index (χ1n) is 8.19. The fourth-order valence-corrected chi connectivity index (χ4v) is 3.47. The lowest BCUT2D eigenvalue weighted by Gasteiger charge is -2.17. The van der Waals surface area contributed by atoms with Gasteiger partial charge >= 0.3 is 0 Å². The number of nitrogens with zero attached hydrogens (tertiary/aromatic N) is 2. The molecule has 1 atom stereocenters. The van der Waals surface area contributed by atoms with E-state index < -0.39 is 11.1 Å². The number of nitrogens with one attached hydrogen (secondary N) is 1. The number of anilines is 1. The Balaban J connectivity index is 1.58. The van der Waals surface area contributed by atoms with E-state index in [0.717, 1.165) is 12.8 Å². The van der Waals surface area contributed by atoms with E-state index in [2.05, 4.69) is 15.5 Å². The van der Waals surface area contributed by atoms with Gasteiger partial charge in [0.05, 0.1) is 10.9 Å². The number of hydrogen-bond acceptors (Lipinski definition) is 5. The quantitative estimate of drug-likeness (QED) is 0.812. The summed E-state index contributed by atoms with van der Waals surface area (Å²) >= 11 is 1.19. The van der Waals surface area contributed by atoms with Crippen LogP contribution in [0.15, 0.2) is 33.9 Å². The van der Waals surface area contributed by atoms with E-state index in [9.17, 15) is 9.18 Å². The van der Waals surface area contributed by atoms with Gasteiger partial charge in [-0.3, -0.25) is 4.79 Å². The summed E-state index contributed by atoms with van der Waals surface area (Å²) in [5, 5.41) is 10.6. The molecule has 1 unspecified atom stereocenters. The number of para-hydroxylation sites is 1. The lowest BCUT2D eigenvalue weighted by Crippen LogP contribution is -2.22. The van der Waals surface area contributed by atoms with Gasteiger partial charge in [-0.2, -0.15) is 0 Å². The lowest BCUT2D eigenvalue weighted by molar-refractivity contribution is -0.115. The van der Waals surface area contributed by atoms with E-state index in [4.69, 9.17) is 4.42 Å². The maximum absolute atomic E-state index is 13.6. The molecule has 5 nitrogen and oxygen atoms in total. The first kappa shape index (κ1) is 17.0. The molecule has 1 saturated carbocycles. The van der Waals surface area contributed by atoms with Gasteiger partial charge in [0.2, 0.25) is 11.8 Å². The summed E-state index contributed by atoms with van der Waals surface area (Å²) in [6, 6.07) is 6.08. The third-order valence-corrected chi connectivity index (χ3v) is 5.09. The van der Waals surface area contributed by atoms with Gasteiger partial charge in [-0.15, -0.1) is 10.2 Å². The fraction of sp³-hybridized carbons (Fsp3) is 0.471. The minimum Gasteiger partial charge on any atom is -0.416 e. The van der Waals surface area contributed by atoms with E-state index in [1.54, 1.807) is 19.1 Å². The molecule has 2 aromatic rings. The van der Waals surface area contributed by atoms with Crippen LogP contribution in [0.2, 0.25) is 0 Å². The van der Waals surface area contributed by atoms with E-state index >= 15 is 0 Å². The summed E-state index contributed by atoms with van der Waals surface area (Å²) in [6.07, 6.45) is 5.80. The summed E-state index contributed by atoms with van der Waals surface area (Å²) in [6.45, 7) is 1.73. The predicted octanol–water partition coefficient (Wildman–Crippen LogP) is 4.38. The van der Waals surface area contributed by atoms with Crippen molar-refractivity contribution in [2.75, 3.05) is 5.32 Å². The second-order valence-corrected chi connectivity index (χ2v) is 7.26. The number of carbonyl (C=O) groups excluding carboxylic acids is 1. The Morgan fingerprint density at radius 2 is 2.04 bits per heavy atom. The van der Waals surface area contributed by atoms with Gasteiger partial charge in [-0.25, -0.2) is 4.39 Å². The maximum atomic E-state index is 13.6. The van der Waals surface area contributed by atoms with Gasteiger partial charge in [-0.1, -0.05) is 43.2 Å². The Hall–Kier alpha value is -1.89. The number of benzene rings is 1. The molecule has 0 spiro atoms. The van der Waals surface area contributed by atoms with Crippen molar-refractivity contribution < 1.29 is 13.6 Å². The minimum atomic E-state index is -0.468. The second-order valence-electron chi connectivity index (χ2n) is 5.97. The molecule has 1 fully saturated rings. The van der Waals surface area contributed by atoms with Gasteiger partial charge in [0.15, 0.2) is 0 Å². The maximum Gasteiger partial charge on any atom is 0.277 e. The zero-order valence-electron chi connectivity index (χ0n) is 13.5. The number of rotatable bonds is 5.